The average molecular weight is 185 g/mol. The summed E-state index contributed by atoms with van der Waals surface area (Å²) in [4.78, 5) is 12.5. The van der Waals surface area contributed by atoms with Crippen molar-refractivity contribution in [3.63, 3.8) is 0 Å². The smallest absolute Gasteiger partial charge is 0.234 e. The number of likely N-dealkylation sites (tertiary alicyclic amines) is 1. The van der Waals surface area contributed by atoms with Gasteiger partial charge in [0.25, 0.3) is 0 Å². The second kappa shape index (κ2) is 4.19. The van der Waals surface area contributed by atoms with Gasteiger partial charge in [0.15, 0.2) is 0 Å². The average Bonchev–Trinajstić information content (AvgIpc) is 2.43. The molecular weight excluding hydrogens is 173 g/mol. The maximum absolute atomic E-state index is 12.9. The van der Waals surface area contributed by atoms with Crippen LogP contribution < -0.4 is 5.73 Å². The molecule has 1 fully saturated rings. The quantitative estimate of drug-likeness (QED) is 0.661. The van der Waals surface area contributed by atoms with E-state index in [4.69, 9.17) is 11.0 Å². The van der Waals surface area contributed by atoms with Crippen LogP contribution in [0.3, 0.4) is 0 Å². The number of nitrogens with two attached hydrogens (primary N) is 1. The molecule has 0 aliphatic carbocycles. The van der Waals surface area contributed by atoms with Crippen LogP contribution in [0.4, 0.5) is 4.39 Å². The summed E-state index contributed by atoms with van der Waals surface area (Å²) >= 11 is 0. The van der Waals surface area contributed by atoms with Crippen molar-refractivity contribution in [2.24, 2.45) is 5.73 Å². The predicted octanol–water partition coefficient (Wildman–Crippen LogP) is -0.202. The third-order valence-electron chi connectivity index (χ3n) is 2.19. The third-order valence-corrected chi connectivity index (χ3v) is 2.19. The molecule has 0 saturated carbocycles. The number of nitrogens with zero attached hydrogens (tertiary/aromatic N) is 2. The summed E-state index contributed by atoms with van der Waals surface area (Å²) < 4.78 is 12.9. The highest BCUT2D eigenvalue weighted by molar-refractivity contribution is 5.80. The zero-order chi connectivity index (χ0) is 9.84. The molecule has 1 amide bonds. The summed E-state index contributed by atoms with van der Waals surface area (Å²) in [7, 11) is 0. The highest BCUT2D eigenvalue weighted by atomic mass is 19.1. The molecule has 1 aliphatic heterocycles. The lowest BCUT2D eigenvalue weighted by molar-refractivity contribution is -0.122. The molecule has 2 atom stereocenters. The van der Waals surface area contributed by atoms with Crippen LogP contribution in [0.1, 0.15) is 12.8 Å². The molecular formula is C8H12FN3O. The molecule has 5 heteroatoms. The second-order valence-electron chi connectivity index (χ2n) is 3.15. The van der Waals surface area contributed by atoms with Crippen LogP contribution in [-0.4, -0.2) is 36.1 Å². The van der Waals surface area contributed by atoms with Gasteiger partial charge in [0.05, 0.1) is 12.1 Å². The highest BCUT2D eigenvalue weighted by Crippen LogP contribution is 2.19. The Balaban J connectivity index is 2.51. The number of hydrogen-bond donors (Lipinski definition) is 1. The molecule has 0 bridgehead atoms. The van der Waals surface area contributed by atoms with E-state index in [9.17, 15) is 9.18 Å². The number of nitriles is 1. The zero-order valence-electron chi connectivity index (χ0n) is 7.24. The van der Waals surface area contributed by atoms with E-state index in [-0.39, 0.29) is 13.0 Å². The van der Waals surface area contributed by atoms with Crippen molar-refractivity contribution in [2.75, 3.05) is 13.1 Å². The Labute approximate surface area is 76.1 Å². The number of carbonyl (C=O) groups excluding carboxylic acids is 1. The number of halogens is 1. The van der Waals surface area contributed by atoms with Crippen LogP contribution in [0, 0.1) is 11.3 Å². The van der Waals surface area contributed by atoms with E-state index in [0.29, 0.717) is 13.0 Å². The van der Waals surface area contributed by atoms with E-state index in [1.807, 2.05) is 6.07 Å². The van der Waals surface area contributed by atoms with Crippen LogP contribution in [0.25, 0.3) is 0 Å². The number of amides is 1. The molecule has 1 rings (SSSR count). The minimum Gasteiger partial charge on any atom is -0.368 e. The van der Waals surface area contributed by atoms with E-state index in [2.05, 4.69) is 0 Å². The first-order chi connectivity index (χ1) is 6.15. The molecule has 1 saturated heterocycles. The van der Waals surface area contributed by atoms with E-state index in [0.717, 1.165) is 0 Å². The first-order valence-corrected chi connectivity index (χ1v) is 4.19. The van der Waals surface area contributed by atoms with Gasteiger partial charge >= 0.3 is 0 Å². The zero-order valence-corrected chi connectivity index (χ0v) is 7.24. The Morgan fingerprint density at radius 2 is 2.46 bits per heavy atom. The fourth-order valence-electron chi connectivity index (χ4n) is 1.58. The topological polar surface area (TPSA) is 70.1 Å². The van der Waals surface area contributed by atoms with E-state index in [1.54, 1.807) is 4.90 Å². The molecule has 0 radical (unpaired) electrons. The van der Waals surface area contributed by atoms with Gasteiger partial charge in [-0.1, -0.05) is 0 Å². The number of carbonyl (C=O) groups is 1. The first kappa shape index (κ1) is 9.93. The summed E-state index contributed by atoms with van der Waals surface area (Å²) in [6.45, 7) is 0.639. The highest BCUT2D eigenvalue weighted by Gasteiger charge is 2.35. The van der Waals surface area contributed by atoms with Crippen LogP contribution in [-0.2, 0) is 4.79 Å². The van der Waals surface area contributed by atoms with Crippen LogP contribution >= 0.6 is 0 Å². The van der Waals surface area contributed by atoms with E-state index in [1.165, 1.54) is 0 Å². The Kier molecular flexibility index (Phi) is 3.20. The van der Waals surface area contributed by atoms with Crippen molar-refractivity contribution >= 4 is 5.91 Å². The van der Waals surface area contributed by atoms with Gasteiger partial charge in [-0.2, -0.15) is 5.26 Å². The van der Waals surface area contributed by atoms with Crippen molar-refractivity contribution in [1.29, 1.82) is 5.26 Å². The Morgan fingerprint density at radius 1 is 1.77 bits per heavy atom. The summed E-state index contributed by atoms with van der Waals surface area (Å²) in [6, 6.07) is 1.43. The van der Waals surface area contributed by atoms with Crippen molar-refractivity contribution in [3.05, 3.63) is 0 Å². The van der Waals surface area contributed by atoms with Gasteiger partial charge < -0.3 is 5.73 Å². The minimum atomic E-state index is -0.990. The van der Waals surface area contributed by atoms with Crippen molar-refractivity contribution in [3.8, 4) is 6.07 Å². The number of hydrogen-bond acceptors (Lipinski definition) is 3. The van der Waals surface area contributed by atoms with Crippen LogP contribution in [0.15, 0.2) is 0 Å². The number of rotatable bonds is 3. The predicted molar refractivity (Wildman–Crippen MR) is 44.3 cm³/mol. The Hall–Kier alpha value is -1.15. The Bertz CT molecular complexity index is 238. The van der Waals surface area contributed by atoms with Gasteiger partial charge in [-0.3, -0.25) is 9.69 Å². The normalized spacial score (nSPS) is 28.6. The molecule has 4 nitrogen and oxygen atoms in total. The summed E-state index contributed by atoms with van der Waals surface area (Å²) in [5.41, 5.74) is 5.09. The van der Waals surface area contributed by atoms with Crippen LogP contribution in [0.2, 0.25) is 0 Å². The fraction of sp³-hybridized carbons (Fsp3) is 0.750. The Morgan fingerprint density at radius 3 is 3.00 bits per heavy atom. The van der Waals surface area contributed by atoms with Crippen LogP contribution in [0.5, 0.6) is 0 Å². The maximum atomic E-state index is 12.9. The van der Waals surface area contributed by atoms with Gasteiger partial charge in [0.2, 0.25) is 5.91 Å². The lowest BCUT2D eigenvalue weighted by Crippen LogP contribution is -2.40. The monoisotopic (exact) mass is 185 g/mol. The number of primary amides is 1. The molecule has 0 spiro atoms. The SMILES string of the molecule is N#CCCN1C[C@H](F)C[C@H]1C(N)=O. The molecule has 0 aromatic rings. The van der Waals surface area contributed by atoms with Gasteiger partial charge in [-0.25, -0.2) is 4.39 Å². The third kappa shape index (κ3) is 2.39. The van der Waals surface area contributed by atoms with E-state index < -0.39 is 18.1 Å². The standard InChI is InChI=1S/C8H12FN3O/c9-6-4-7(8(11)13)12(5-6)3-1-2-10/h6-7H,1,3-5H2,(H2,11,13)/t6-,7+/m1/s1. The molecule has 2 N–H and O–H groups in total. The maximum Gasteiger partial charge on any atom is 0.234 e. The van der Waals surface area contributed by atoms with Crippen molar-refractivity contribution in [2.45, 2.75) is 25.1 Å². The number of alkyl halides is 1. The van der Waals surface area contributed by atoms with Crippen molar-refractivity contribution in [1.82, 2.24) is 4.90 Å². The molecule has 1 aliphatic rings. The fourth-order valence-corrected chi connectivity index (χ4v) is 1.58. The van der Waals surface area contributed by atoms with Gasteiger partial charge in [-0.05, 0) is 0 Å². The second-order valence-corrected chi connectivity index (χ2v) is 3.15. The van der Waals surface area contributed by atoms with Gasteiger partial charge in [0, 0.05) is 25.9 Å². The lowest BCUT2D eigenvalue weighted by Gasteiger charge is -2.19. The molecule has 0 unspecified atom stereocenters. The van der Waals surface area contributed by atoms with Crippen molar-refractivity contribution < 1.29 is 9.18 Å². The van der Waals surface area contributed by atoms with Gasteiger partial charge in [0.1, 0.15) is 6.17 Å². The minimum absolute atomic E-state index is 0.167. The lowest BCUT2D eigenvalue weighted by atomic mass is 10.2. The largest absolute Gasteiger partial charge is 0.368 e. The van der Waals surface area contributed by atoms with Gasteiger partial charge in [-0.15, -0.1) is 0 Å². The summed E-state index contributed by atoms with van der Waals surface area (Å²) in [6.07, 6.45) is -0.520. The molecule has 0 aromatic heterocycles. The molecule has 0 aromatic carbocycles. The first-order valence-electron chi connectivity index (χ1n) is 4.19. The summed E-state index contributed by atoms with van der Waals surface area (Å²) in [5, 5.41) is 8.33. The molecule has 13 heavy (non-hydrogen) atoms. The summed E-state index contributed by atoms with van der Waals surface area (Å²) in [5.74, 6) is -0.502. The molecule has 1 heterocycles. The molecule has 72 valence electrons. The van der Waals surface area contributed by atoms with E-state index >= 15 is 0 Å².